The zero-order valence-electron chi connectivity index (χ0n) is 18.5. The van der Waals surface area contributed by atoms with Gasteiger partial charge in [0.05, 0.1) is 0 Å². The Morgan fingerprint density at radius 2 is 1.59 bits per heavy atom. The van der Waals surface area contributed by atoms with Gasteiger partial charge >= 0.3 is 6.03 Å². The number of piperazine rings is 1. The number of hydrogen-bond acceptors (Lipinski definition) is 5. The van der Waals surface area contributed by atoms with E-state index in [4.69, 9.17) is 0 Å². The monoisotopic (exact) mass is 436 g/mol. The van der Waals surface area contributed by atoms with Crippen molar-refractivity contribution in [1.29, 1.82) is 0 Å². The van der Waals surface area contributed by atoms with Crippen LogP contribution in [0.5, 0.6) is 0 Å². The number of anilines is 3. The van der Waals surface area contributed by atoms with Crippen LogP contribution in [0.3, 0.4) is 0 Å². The molecule has 32 heavy (non-hydrogen) atoms. The first-order chi connectivity index (χ1) is 15.7. The number of benzene rings is 1. The maximum absolute atomic E-state index is 12.5. The van der Waals surface area contributed by atoms with E-state index in [9.17, 15) is 9.59 Å². The first kappa shape index (κ1) is 21.9. The number of nitrogens with one attached hydrogen (secondary N) is 2. The molecule has 0 aliphatic carbocycles. The van der Waals surface area contributed by atoms with Crippen molar-refractivity contribution in [3.05, 3.63) is 48.7 Å². The number of carbonyl (C=O) groups excluding carboxylic acids is 2. The van der Waals surface area contributed by atoms with Gasteiger partial charge in [-0.25, -0.2) is 9.78 Å². The van der Waals surface area contributed by atoms with Gasteiger partial charge in [-0.2, -0.15) is 0 Å². The SMILES string of the molecule is O=C(NCCC(=O)N1CCN(c2ccccn2)CC1)Nc1ccc(N2CCCCC2)cc1. The quantitative estimate of drug-likeness (QED) is 0.728. The molecule has 0 atom stereocenters. The summed E-state index contributed by atoms with van der Waals surface area (Å²) in [6, 6.07) is 13.5. The number of pyridine rings is 1. The van der Waals surface area contributed by atoms with Gasteiger partial charge in [0, 0.05) is 69.8 Å². The third kappa shape index (κ3) is 5.90. The fourth-order valence-electron chi connectivity index (χ4n) is 4.25. The molecule has 2 saturated heterocycles. The number of nitrogens with zero attached hydrogens (tertiary/aromatic N) is 4. The van der Waals surface area contributed by atoms with E-state index in [0.717, 1.165) is 37.7 Å². The summed E-state index contributed by atoms with van der Waals surface area (Å²) < 4.78 is 0. The van der Waals surface area contributed by atoms with Crippen molar-refractivity contribution in [1.82, 2.24) is 15.2 Å². The van der Waals surface area contributed by atoms with Crippen molar-refractivity contribution in [2.24, 2.45) is 0 Å². The highest BCUT2D eigenvalue weighted by atomic mass is 16.2. The molecule has 0 unspecified atom stereocenters. The molecule has 2 N–H and O–H groups in total. The molecule has 2 aliphatic rings. The van der Waals surface area contributed by atoms with Gasteiger partial charge in [-0.3, -0.25) is 4.79 Å². The Balaban J connectivity index is 1.14. The van der Waals surface area contributed by atoms with Crippen LogP contribution < -0.4 is 20.4 Å². The Bertz CT molecular complexity index is 875. The summed E-state index contributed by atoms with van der Waals surface area (Å²) in [6.07, 6.45) is 5.86. The molecular formula is C24H32N6O2. The third-order valence-electron chi connectivity index (χ3n) is 6.08. The van der Waals surface area contributed by atoms with Crippen molar-refractivity contribution in [2.45, 2.75) is 25.7 Å². The van der Waals surface area contributed by atoms with E-state index >= 15 is 0 Å². The predicted molar refractivity (Wildman–Crippen MR) is 127 cm³/mol. The van der Waals surface area contributed by atoms with Crippen molar-refractivity contribution in [2.75, 3.05) is 60.9 Å². The Morgan fingerprint density at radius 3 is 2.28 bits per heavy atom. The highest BCUT2D eigenvalue weighted by molar-refractivity contribution is 5.89. The summed E-state index contributed by atoms with van der Waals surface area (Å²) in [7, 11) is 0. The number of amides is 3. The molecule has 3 heterocycles. The summed E-state index contributed by atoms with van der Waals surface area (Å²) in [4.78, 5) is 35.5. The molecule has 8 nitrogen and oxygen atoms in total. The van der Waals surface area contributed by atoms with E-state index in [1.165, 1.54) is 24.9 Å². The van der Waals surface area contributed by atoms with Gasteiger partial charge in [-0.15, -0.1) is 0 Å². The van der Waals surface area contributed by atoms with Crippen LogP contribution in [0.2, 0.25) is 0 Å². The molecule has 4 rings (SSSR count). The Labute approximate surface area is 189 Å². The second-order valence-corrected chi connectivity index (χ2v) is 8.28. The molecule has 2 aliphatic heterocycles. The summed E-state index contributed by atoms with van der Waals surface area (Å²) >= 11 is 0. The molecule has 2 fully saturated rings. The Kier molecular flexibility index (Phi) is 7.42. The summed E-state index contributed by atoms with van der Waals surface area (Å²) in [5, 5.41) is 5.63. The van der Waals surface area contributed by atoms with Gasteiger partial charge in [-0.1, -0.05) is 6.07 Å². The summed E-state index contributed by atoms with van der Waals surface area (Å²) in [5.41, 5.74) is 1.95. The van der Waals surface area contributed by atoms with Crippen LogP contribution in [0.25, 0.3) is 0 Å². The molecule has 0 bridgehead atoms. The van der Waals surface area contributed by atoms with Gasteiger partial charge in [-0.05, 0) is 55.7 Å². The largest absolute Gasteiger partial charge is 0.372 e. The molecule has 8 heteroatoms. The molecular weight excluding hydrogens is 404 g/mol. The molecule has 1 aromatic carbocycles. The van der Waals surface area contributed by atoms with E-state index in [0.29, 0.717) is 26.1 Å². The fourth-order valence-corrected chi connectivity index (χ4v) is 4.25. The Hall–Kier alpha value is -3.29. The van der Waals surface area contributed by atoms with Crippen LogP contribution >= 0.6 is 0 Å². The van der Waals surface area contributed by atoms with Crippen molar-refractivity contribution < 1.29 is 9.59 Å². The lowest BCUT2D eigenvalue weighted by atomic mass is 10.1. The smallest absolute Gasteiger partial charge is 0.319 e. The van der Waals surface area contributed by atoms with Crippen LogP contribution in [0.1, 0.15) is 25.7 Å². The maximum Gasteiger partial charge on any atom is 0.319 e. The fraction of sp³-hybridized carbons (Fsp3) is 0.458. The molecule has 170 valence electrons. The van der Waals surface area contributed by atoms with E-state index < -0.39 is 0 Å². The molecule has 2 aromatic rings. The Morgan fingerprint density at radius 1 is 0.844 bits per heavy atom. The average Bonchev–Trinajstić information content (AvgIpc) is 2.85. The zero-order chi connectivity index (χ0) is 22.2. The number of urea groups is 1. The van der Waals surface area contributed by atoms with E-state index in [2.05, 4.69) is 37.6 Å². The molecule has 0 spiro atoms. The van der Waals surface area contributed by atoms with Crippen LogP contribution in [-0.4, -0.2) is 67.6 Å². The predicted octanol–water partition coefficient (Wildman–Crippen LogP) is 2.93. The highest BCUT2D eigenvalue weighted by Gasteiger charge is 2.21. The number of rotatable bonds is 6. The number of carbonyl (C=O) groups is 2. The van der Waals surface area contributed by atoms with Crippen LogP contribution in [0, 0.1) is 0 Å². The van der Waals surface area contributed by atoms with Gasteiger partial charge in [0.15, 0.2) is 0 Å². The minimum Gasteiger partial charge on any atom is -0.372 e. The lowest BCUT2D eigenvalue weighted by Gasteiger charge is -2.35. The van der Waals surface area contributed by atoms with Crippen LogP contribution in [0.15, 0.2) is 48.7 Å². The molecule has 0 radical (unpaired) electrons. The first-order valence-corrected chi connectivity index (χ1v) is 11.5. The van der Waals surface area contributed by atoms with Gasteiger partial charge in [0.1, 0.15) is 5.82 Å². The summed E-state index contributed by atoms with van der Waals surface area (Å²) in [6.45, 7) is 5.39. The first-order valence-electron chi connectivity index (χ1n) is 11.5. The lowest BCUT2D eigenvalue weighted by Crippen LogP contribution is -2.49. The highest BCUT2D eigenvalue weighted by Crippen LogP contribution is 2.21. The number of hydrogen-bond donors (Lipinski definition) is 2. The minimum absolute atomic E-state index is 0.0665. The van der Waals surface area contributed by atoms with Crippen LogP contribution in [-0.2, 0) is 4.79 Å². The van der Waals surface area contributed by atoms with E-state index in [1.807, 2.05) is 35.2 Å². The van der Waals surface area contributed by atoms with Gasteiger partial charge in [0.25, 0.3) is 0 Å². The lowest BCUT2D eigenvalue weighted by molar-refractivity contribution is -0.131. The van der Waals surface area contributed by atoms with E-state index in [1.54, 1.807) is 6.20 Å². The van der Waals surface area contributed by atoms with E-state index in [-0.39, 0.29) is 11.9 Å². The second kappa shape index (κ2) is 10.8. The normalized spacial score (nSPS) is 16.6. The van der Waals surface area contributed by atoms with Crippen molar-refractivity contribution in [3.63, 3.8) is 0 Å². The average molecular weight is 437 g/mol. The van der Waals surface area contributed by atoms with Crippen molar-refractivity contribution >= 4 is 29.1 Å². The number of aromatic nitrogens is 1. The molecule has 3 amide bonds. The standard InChI is InChI=1S/C24H32N6O2/c31-23(30-18-16-29(17-19-30)22-6-2-3-12-25-22)11-13-26-24(32)27-20-7-9-21(10-8-20)28-14-4-1-5-15-28/h2-3,6-10,12H,1,4-5,11,13-19H2,(H2,26,27,32). The second-order valence-electron chi connectivity index (χ2n) is 8.28. The summed E-state index contributed by atoms with van der Waals surface area (Å²) in [5.74, 6) is 1.01. The minimum atomic E-state index is -0.288. The topological polar surface area (TPSA) is 80.8 Å². The number of piperidine rings is 1. The van der Waals surface area contributed by atoms with Crippen molar-refractivity contribution in [3.8, 4) is 0 Å². The van der Waals surface area contributed by atoms with Crippen LogP contribution in [0.4, 0.5) is 22.0 Å². The van der Waals surface area contributed by atoms with Gasteiger partial charge < -0.3 is 25.3 Å². The maximum atomic E-state index is 12.5. The third-order valence-corrected chi connectivity index (χ3v) is 6.08. The molecule has 1 aromatic heterocycles. The zero-order valence-corrected chi connectivity index (χ0v) is 18.5. The van der Waals surface area contributed by atoms with Gasteiger partial charge in [0.2, 0.25) is 5.91 Å². The molecule has 0 saturated carbocycles.